The quantitative estimate of drug-likeness (QED) is 0.765. The van der Waals surface area contributed by atoms with E-state index in [-0.39, 0.29) is 17.9 Å². The molecule has 1 aliphatic rings. The van der Waals surface area contributed by atoms with Crippen molar-refractivity contribution >= 4 is 5.91 Å². The van der Waals surface area contributed by atoms with Crippen molar-refractivity contribution in [2.45, 2.75) is 39.7 Å². The number of benzene rings is 1. The highest BCUT2D eigenvalue weighted by molar-refractivity contribution is 5.78. The molecule has 1 saturated heterocycles. The molecule has 5 heteroatoms. The Bertz CT molecular complexity index is 519. The van der Waals surface area contributed by atoms with E-state index in [9.17, 15) is 9.90 Å². The largest absolute Gasteiger partial charge is 0.494 e. The molecule has 5 nitrogen and oxygen atoms in total. The number of nitrogens with one attached hydrogen (secondary N) is 1. The summed E-state index contributed by atoms with van der Waals surface area (Å²) in [5, 5.41) is 12.6. The molecule has 1 heterocycles. The van der Waals surface area contributed by atoms with Crippen LogP contribution in [0, 0.1) is 5.41 Å². The Morgan fingerprint density at radius 1 is 1.33 bits per heavy atom. The lowest BCUT2D eigenvalue weighted by Gasteiger charge is -2.39. The van der Waals surface area contributed by atoms with Crippen LogP contribution >= 0.6 is 0 Å². The number of carbonyl (C=O) groups is 1. The first-order valence-corrected chi connectivity index (χ1v) is 8.92. The molecule has 1 aliphatic heterocycles. The summed E-state index contributed by atoms with van der Waals surface area (Å²) in [6.45, 7) is 7.67. The summed E-state index contributed by atoms with van der Waals surface area (Å²) in [6.07, 6.45) is 2.92. The van der Waals surface area contributed by atoms with Crippen LogP contribution in [0.3, 0.4) is 0 Å². The summed E-state index contributed by atoms with van der Waals surface area (Å²) in [6, 6.07) is 7.81. The van der Waals surface area contributed by atoms with Gasteiger partial charge in [0.25, 0.3) is 0 Å². The molecule has 0 bridgehead atoms. The molecule has 134 valence electrons. The van der Waals surface area contributed by atoms with Gasteiger partial charge in [0, 0.05) is 13.2 Å². The Labute approximate surface area is 145 Å². The molecule has 0 unspecified atom stereocenters. The number of rotatable bonds is 8. The van der Waals surface area contributed by atoms with Crippen molar-refractivity contribution in [1.82, 2.24) is 10.2 Å². The summed E-state index contributed by atoms with van der Waals surface area (Å²) < 4.78 is 5.47. The fraction of sp³-hybridized carbons (Fsp3) is 0.632. The summed E-state index contributed by atoms with van der Waals surface area (Å²) in [5.41, 5.74) is 1.10. The van der Waals surface area contributed by atoms with E-state index in [1.807, 2.05) is 31.2 Å². The lowest BCUT2D eigenvalue weighted by atomic mass is 9.77. The molecular weight excluding hydrogens is 304 g/mol. The molecule has 0 atom stereocenters. The van der Waals surface area contributed by atoms with Gasteiger partial charge in [0.15, 0.2) is 0 Å². The second-order valence-electron chi connectivity index (χ2n) is 6.64. The van der Waals surface area contributed by atoms with Crippen LogP contribution in [0.15, 0.2) is 24.3 Å². The van der Waals surface area contributed by atoms with Crippen molar-refractivity contribution in [2.24, 2.45) is 5.41 Å². The Kier molecular flexibility index (Phi) is 7.06. The topological polar surface area (TPSA) is 61.8 Å². The van der Waals surface area contributed by atoms with Gasteiger partial charge >= 0.3 is 0 Å². The smallest absolute Gasteiger partial charge is 0.234 e. The number of aliphatic hydroxyl groups is 1. The minimum Gasteiger partial charge on any atom is -0.494 e. The van der Waals surface area contributed by atoms with Gasteiger partial charge in [0.2, 0.25) is 5.91 Å². The lowest BCUT2D eigenvalue weighted by Crippen LogP contribution is -2.45. The first-order chi connectivity index (χ1) is 11.6. The number of aliphatic hydroxyl groups excluding tert-OH is 1. The van der Waals surface area contributed by atoms with Gasteiger partial charge in [0.05, 0.1) is 13.2 Å². The maximum atomic E-state index is 12.2. The van der Waals surface area contributed by atoms with Crippen LogP contribution in [0.1, 0.15) is 38.7 Å². The lowest BCUT2D eigenvalue weighted by molar-refractivity contribution is -0.123. The Hall–Kier alpha value is -1.59. The second-order valence-corrected chi connectivity index (χ2v) is 6.64. The third kappa shape index (κ3) is 5.21. The number of carbonyl (C=O) groups excluding carboxylic acids is 1. The van der Waals surface area contributed by atoms with Crippen LogP contribution < -0.4 is 10.1 Å². The fourth-order valence-corrected chi connectivity index (χ4v) is 3.18. The second kappa shape index (κ2) is 9.04. The standard InChI is InChI=1S/C19H30N2O3/c1-3-19(15-22)8-10-21(11-9-19)14-18(23)20-13-16-6-5-7-17(12-16)24-4-2/h5-7,12,22H,3-4,8-11,13-15H2,1-2H3,(H,20,23). The zero-order valence-corrected chi connectivity index (χ0v) is 14.9. The first kappa shape index (κ1) is 18.7. The molecule has 1 aromatic carbocycles. The third-order valence-corrected chi connectivity index (χ3v) is 5.07. The van der Waals surface area contributed by atoms with Gasteiger partial charge in [-0.15, -0.1) is 0 Å². The molecule has 1 amide bonds. The van der Waals surface area contributed by atoms with Gasteiger partial charge in [-0.2, -0.15) is 0 Å². The van der Waals surface area contributed by atoms with E-state index < -0.39 is 0 Å². The summed E-state index contributed by atoms with van der Waals surface area (Å²) >= 11 is 0. The highest BCUT2D eigenvalue weighted by Gasteiger charge is 2.32. The molecule has 1 aromatic rings. The van der Waals surface area contributed by atoms with Crippen LogP contribution in [0.4, 0.5) is 0 Å². The average molecular weight is 334 g/mol. The molecule has 0 aliphatic carbocycles. The number of nitrogens with zero attached hydrogens (tertiary/aromatic N) is 1. The molecule has 2 rings (SSSR count). The van der Waals surface area contributed by atoms with Crippen molar-refractivity contribution in [2.75, 3.05) is 32.8 Å². The molecule has 0 spiro atoms. The SMILES string of the molecule is CCOc1cccc(CNC(=O)CN2CCC(CC)(CO)CC2)c1. The van der Waals surface area contributed by atoms with E-state index in [1.165, 1.54) is 0 Å². The molecule has 1 fully saturated rings. The summed E-state index contributed by atoms with van der Waals surface area (Å²) in [7, 11) is 0. The van der Waals surface area contributed by atoms with E-state index in [4.69, 9.17) is 4.74 Å². The van der Waals surface area contributed by atoms with Crippen molar-refractivity contribution in [1.29, 1.82) is 0 Å². The monoisotopic (exact) mass is 334 g/mol. The van der Waals surface area contributed by atoms with Crippen LogP contribution in [0.5, 0.6) is 5.75 Å². The maximum Gasteiger partial charge on any atom is 0.234 e. The minimum absolute atomic E-state index is 0.0461. The molecule has 24 heavy (non-hydrogen) atoms. The predicted octanol–water partition coefficient (Wildman–Crippen LogP) is 2.19. The Morgan fingerprint density at radius 3 is 2.71 bits per heavy atom. The fourth-order valence-electron chi connectivity index (χ4n) is 3.18. The number of hydrogen-bond donors (Lipinski definition) is 2. The Morgan fingerprint density at radius 2 is 2.08 bits per heavy atom. The van der Waals surface area contributed by atoms with Gasteiger partial charge in [-0.05, 0) is 62.4 Å². The highest BCUT2D eigenvalue weighted by atomic mass is 16.5. The molecular formula is C19H30N2O3. The predicted molar refractivity (Wildman–Crippen MR) is 94.9 cm³/mol. The molecule has 0 aromatic heterocycles. The highest BCUT2D eigenvalue weighted by Crippen LogP contribution is 2.33. The van der Waals surface area contributed by atoms with Gasteiger partial charge < -0.3 is 15.2 Å². The Balaban J connectivity index is 1.75. The van der Waals surface area contributed by atoms with Crippen molar-refractivity contribution in [3.05, 3.63) is 29.8 Å². The van der Waals surface area contributed by atoms with Crippen molar-refractivity contribution < 1.29 is 14.6 Å². The van der Waals surface area contributed by atoms with Crippen LogP contribution in [-0.4, -0.2) is 48.8 Å². The van der Waals surface area contributed by atoms with E-state index in [0.717, 1.165) is 43.7 Å². The maximum absolute atomic E-state index is 12.2. The number of ether oxygens (including phenoxy) is 1. The average Bonchev–Trinajstić information content (AvgIpc) is 2.62. The summed E-state index contributed by atoms with van der Waals surface area (Å²) in [5.74, 6) is 0.880. The molecule has 0 radical (unpaired) electrons. The minimum atomic E-state index is 0.0461. The first-order valence-electron chi connectivity index (χ1n) is 8.92. The van der Waals surface area contributed by atoms with Crippen molar-refractivity contribution in [3.63, 3.8) is 0 Å². The number of likely N-dealkylation sites (tertiary alicyclic amines) is 1. The number of piperidine rings is 1. The van der Waals surface area contributed by atoms with Crippen LogP contribution in [0.25, 0.3) is 0 Å². The van der Waals surface area contributed by atoms with Crippen LogP contribution in [0.2, 0.25) is 0 Å². The number of hydrogen-bond acceptors (Lipinski definition) is 4. The van der Waals surface area contributed by atoms with E-state index in [1.54, 1.807) is 0 Å². The van der Waals surface area contributed by atoms with Gasteiger partial charge in [-0.3, -0.25) is 9.69 Å². The normalized spacial score (nSPS) is 17.5. The van der Waals surface area contributed by atoms with E-state index in [0.29, 0.717) is 19.7 Å². The number of amides is 1. The molecule has 0 saturated carbocycles. The van der Waals surface area contributed by atoms with E-state index in [2.05, 4.69) is 17.1 Å². The zero-order chi connectivity index (χ0) is 17.4. The van der Waals surface area contributed by atoms with Gasteiger partial charge in [-0.1, -0.05) is 19.1 Å². The molecule has 2 N–H and O–H groups in total. The van der Waals surface area contributed by atoms with E-state index >= 15 is 0 Å². The van der Waals surface area contributed by atoms with Crippen molar-refractivity contribution in [3.8, 4) is 5.75 Å². The summed E-state index contributed by atoms with van der Waals surface area (Å²) in [4.78, 5) is 14.3. The third-order valence-electron chi connectivity index (χ3n) is 5.07. The van der Waals surface area contributed by atoms with Gasteiger partial charge in [-0.25, -0.2) is 0 Å². The zero-order valence-electron chi connectivity index (χ0n) is 14.9. The van der Waals surface area contributed by atoms with Gasteiger partial charge in [0.1, 0.15) is 5.75 Å². The van der Waals surface area contributed by atoms with Crippen LogP contribution in [-0.2, 0) is 11.3 Å².